The van der Waals surface area contributed by atoms with E-state index in [1.54, 1.807) is 27.8 Å². The number of carbonyl (C=O) groups is 5. The van der Waals surface area contributed by atoms with Crippen LogP contribution in [-0.4, -0.2) is 135 Å². The molecule has 5 atom stereocenters. The summed E-state index contributed by atoms with van der Waals surface area (Å²) in [6, 6.07) is 24.3. The number of pyridine rings is 1. The Hall–Kier alpha value is -6.90. The van der Waals surface area contributed by atoms with E-state index in [0.717, 1.165) is 82.5 Å². The van der Waals surface area contributed by atoms with Crippen LogP contribution in [0.5, 0.6) is 0 Å². The van der Waals surface area contributed by atoms with Gasteiger partial charge in [0, 0.05) is 93.0 Å². The van der Waals surface area contributed by atoms with E-state index >= 15 is 0 Å². The Labute approximate surface area is 483 Å². The number of carbonyl (C=O) groups excluding carboxylic acids is 5. The molecule has 19 heteroatoms. The van der Waals surface area contributed by atoms with Crippen molar-refractivity contribution in [3.05, 3.63) is 136 Å². The maximum absolute atomic E-state index is 14.4. The minimum Gasteiger partial charge on any atom is -0.391 e. The molecule has 3 aromatic heterocycles. The smallest absolute Gasteiger partial charge is 0.255 e. The number of piperazine rings is 1. The van der Waals surface area contributed by atoms with Crippen molar-refractivity contribution in [2.75, 3.05) is 62.7 Å². The van der Waals surface area contributed by atoms with Crippen LogP contribution in [0.25, 0.3) is 21.6 Å². The number of nitrogens with zero attached hydrogens (tertiary/aromatic N) is 7. The van der Waals surface area contributed by atoms with Gasteiger partial charge in [0.1, 0.15) is 23.9 Å². The second kappa shape index (κ2) is 24.7. The fourth-order valence-electron chi connectivity index (χ4n) is 11.1. The van der Waals surface area contributed by atoms with E-state index < -0.39 is 41.0 Å². The van der Waals surface area contributed by atoms with Crippen LogP contribution < -0.4 is 20.9 Å². The number of rotatable bonds is 20. The Balaban J connectivity index is 0.723. The molecule has 3 aliphatic heterocycles. The third-order valence-corrected chi connectivity index (χ3v) is 17.1. The number of aromatic nitrogens is 3. The first-order valence-electron chi connectivity index (χ1n) is 27.8. The zero-order chi connectivity index (χ0) is 57.8. The van der Waals surface area contributed by atoms with E-state index in [4.69, 9.17) is 9.72 Å². The highest BCUT2D eigenvalue weighted by Crippen LogP contribution is 2.36. The maximum atomic E-state index is 14.4. The minimum atomic E-state index is -0.938. The van der Waals surface area contributed by atoms with Crippen LogP contribution in [0, 0.1) is 23.2 Å². The number of amides is 5. The summed E-state index contributed by atoms with van der Waals surface area (Å²) in [7, 11) is 0. The molecule has 3 aromatic carbocycles. The number of ether oxygens (including phenoxy) is 1. The molecule has 17 nitrogen and oxygen atoms in total. The Bertz CT molecular complexity index is 3170. The number of hydrogen-bond donors (Lipinski definition) is 4. The molecule has 6 heterocycles. The number of aliphatic hydroxyl groups is 1. The zero-order valence-electron chi connectivity index (χ0n) is 47.9. The number of fused-ring (bicyclic) bond motifs is 1. The lowest BCUT2D eigenvalue weighted by Gasteiger charge is -2.39. The van der Waals surface area contributed by atoms with Crippen molar-refractivity contribution in [1.29, 1.82) is 0 Å². The summed E-state index contributed by atoms with van der Waals surface area (Å²) in [4.78, 5) is 92.1. The summed E-state index contributed by atoms with van der Waals surface area (Å²) in [5.41, 5.74) is 7.25. The van der Waals surface area contributed by atoms with Crippen LogP contribution in [0.4, 0.5) is 10.9 Å². The van der Waals surface area contributed by atoms with Crippen LogP contribution in [-0.2, 0) is 30.5 Å². The van der Waals surface area contributed by atoms with Gasteiger partial charge in [0.05, 0.1) is 41.4 Å². The molecule has 1 unspecified atom stereocenters. The zero-order valence-corrected chi connectivity index (χ0v) is 49.5. The first kappa shape index (κ1) is 58.7. The fourth-order valence-corrected chi connectivity index (χ4v) is 12.5. The Kier molecular flexibility index (Phi) is 17.9. The molecule has 0 aliphatic carbocycles. The first-order chi connectivity index (χ1) is 38.5. The van der Waals surface area contributed by atoms with Crippen molar-refractivity contribution in [3.63, 3.8) is 0 Å². The molecule has 0 saturated carbocycles. The molecule has 6 aromatic rings. The van der Waals surface area contributed by atoms with Crippen molar-refractivity contribution in [2.24, 2.45) is 16.2 Å². The number of nitrogens with one attached hydrogen (secondary N) is 3. The van der Waals surface area contributed by atoms with Crippen molar-refractivity contribution in [3.8, 4) is 21.6 Å². The molecular weight excluding hydrogens is 1060 g/mol. The van der Waals surface area contributed by atoms with Gasteiger partial charge in [0.15, 0.2) is 5.13 Å². The van der Waals surface area contributed by atoms with Gasteiger partial charge in [0.25, 0.3) is 11.8 Å². The van der Waals surface area contributed by atoms with Crippen molar-refractivity contribution in [1.82, 2.24) is 40.3 Å². The van der Waals surface area contributed by atoms with Crippen molar-refractivity contribution < 1.29 is 33.8 Å². The predicted molar refractivity (Wildman–Crippen MR) is 317 cm³/mol. The van der Waals surface area contributed by atoms with Gasteiger partial charge in [-0.2, -0.15) is 0 Å². The molecule has 0 radical (unpaired) electrons. The minimum absolute atomic E-state index is 0.00633. The molecule has 2 fully saturated rings. The molecule has 9 rings (SSSR count). The van der Waals surface area contributed by atoms with Crippen molar-refractivity contribution >= 4 is 63.2 Å². The average molecular weight is 1140 g/mol. The van der Waals surface area contributed by atoms with Crippen LogP contribution in [0.1, 0.15) is 113 Å². The number of β-amino-alcohol motifs (C(OH)–C–C–N with tert-alkyl or cyclic N) is 1. The number of benzene rings is 3. The Morgan fingerprint density at radius 3 is 2.16 bits per heavy atom. The Morgan fingerprint density at radius 1 is 0.802 bits per heavy atom. The van der Waals surface area contributed by atoms with Gasteiger partial charge >= 0.3 is 0 Å². The largest absolute Gasteiger partial charge is 0.391 e. The summed E-state index contributed by atoms with van der Waals surface area (Å²) < 4.78 is 6.36. The highest BCUT2D eigenvalue weighted by Gasteiger charge is 2.45. The first-order valence-corrected chi connectivity index (χ1v) is 29.6. The van der Waals surface area contributed by atoms with Gasteiger partial charge in [-0.3, -0.25) is 34.2 Å². The summed E-state index contributed by atoms with van der Waals surface area (Å²) in [5.74, 6) is -0.680. The second-order valence-corrected chi connectivity index (χ2v) is 26.2. The molecule has 0 bridgehead atoms. The summed E-state index contributed by atoms with van der Waals surface area (Å²) in [6.07, 6.45) is 2.83. The SMILES string of the molecule is Cc1ncsc1-c1ccc([C@H](C)NC(=O)[C@@H]2C[C@@H](O)CN2C(=O)[C@@H](NC(=O)CC(C)(C)COCC(C)(C)CN2CCN(c3ccc(-c4ccc5c(c4)C(=O)N(C(C(=O)Nc4nccs4)c4ccccc4)C5)cn3)CC2)C(C)(C)C)cc1. The maximum Gasteiger partial charge on any atom is 0.255 e. The fraction of sp³-hybridized carbons (Fsp3) is 0.452. The van der Waals surface area contributed by atoms with Crippen LogP contribution >= 0.6 is 22.7 Å². The van der Waals surface area contributed by atoms with Gasteiger partial charge in [-0.25, -0.2) is 15.0 Å². The van der Waals surface area contributed by atoms with Crippen LogP contribution in [0.2, 0.25) is 0 Å². The molecular formula is C62H76N10O7S2. The quantitative estimate of drug-likeness (QED) is 0.0566. The molecule has 3 aliphatic rings. The summed E-state index contributed by atoms with van der Waals surface area (Å²) >= 11 is 2.91. The Morgan fingerprint density at radius 2 is 1.51 bits per heavy atom. The van der Waals surface area contributed by atoms with E-state index in [1.165, 1.54) is 16.2 Å². The average Bonchev–Trinajstić information content (AvgIpc) is 4.47. The van der Waals surface area contributed by atoms with Crippen molar-refractivity contribution in [2.45, 2.75) is 112 Å². The predicted octanol–water partition coefficient (Wildman–Crippen LogP) is 8.92. The van der Waals surface area contributed by atoms with Gasteiger partial charge < -0.3 is 35.2 Å². The number of aryl methyl sites for hydroxylation is 1. The highest BCUT2D eigenvalue weighted by molar-refractivity contribution is 7.14. The van der Waals surface area contributed by atoms with Crippen LogP contribution in [0.3, 0.4) is 0 Å². The number of aliphatic hydroxyl groups excluding tert-OH is 1. The second-order valence-electron chi connectivity index (χ2n) is 24.5. The third-order valence-electron chi connectivity index (χ3n) is 15.4. The topological polar surface area (TPSA) is 203 Å². The van der Waals surface area contributed by atoms with Crippen LogP contribution in [0.15, 0.2) is 108 Å². The summed E-state index contributed by atoms with van der Waals surface area (Å²) in [5, 5.41) is 22.0. The molecule has 5 amide bonds. The lowest BCUT2D eigenvalue weighted by Crippen LogP contribution is -2.58. The number of anilines is 2. The molecule has 4 N–H and O–H groups in total. The van der Waals surface area contributed by atoms with Gasteiger partial charge in [-0.05, 0) is 70.7 Å². The van der Waals surface area contributed by atoms with E-state index in [-0.39, 0.29) is 54.5 Å². The molecule has 2 saturated heterocycles. The van der Waals surface area contributed by atoms with Gasteiger partial charge in [-0.1, -0.05) is 115 Å². The molecule has 428 valence electrons. The van der Waals surface area contributed by atoms with E-state index in [0.29, 0.717) is 30.5 Å². The van der Waals surface area contributed by atoms with E-state index in [9.17, 15) is 29.1 Å². The third kappa shape index (κ3) is 14.2. The normalized spacial score (nSPS) is 18.1. The highest BCUT2D eigenvalue weighted by atomic mass is 32.1. The van der Waals surface area contributed by atoms with E-state index in [2.05, 4.69) is 49.6 Å². The number of hydrogen-bond acceptors (Lipinski definition) is 14. The number of likely N-dealkylation sites (tertiary alicyclic amines) is 1. The molecule has 0 spiro atoms. The molecule has 81 heavy (non-hydrogen) atoms. The number of thiazole rings is 2. The summed E-state index contributed by atoms with van der Waals surface area (Å²) in [6.45, 7) is 23.1. The lowest BCUT2D eigenvalue weighted by molar-refractivity contribution is -0.144. The lowest BCUT2D eigenvalue weighted by atomic mass is 9.84. The van der Waals surface area contributed by atoms with Gasteiger partial charge in [0.2, 0.25) is 17.7 Å². The van der Waals surface area contributed by atoms with Gasteiger partial charge in [-0.15, -0.1) is 22.7 Å². The monoisotopic (exact) mass is 1140 g/mol. The standard InChI is InChI=1S/C62H76N10O7S2/c1-39(41-15-17-43(18-16-41)53-40(2)65-38-81-53)66-55(75)49-30-47(73)34-71(49)58(78)54(60(3,4)5)67-51(74)31-61(6,7)36-79-37-62(8,9)35-69-24-26-70(27-25-69)50-22-21-45(32-64-50)44-19-20-46-33-72(57(77)48(46)29-44)52(42-13-11-10-12-14-42)56(76)68-59-63-23-28-80-59/h10-23,28-29,32,38-39,47,49,52,54,73H,24-27,30-31,33-37H2,1-9H3,(H,66,75)(H,67,74)(H,63,68,76)/t39-,47+,49-,52?,54+/m0/s1. The van der Waals surface area contributed by atoms with E-state index in [1.807, 2.05) is 145 Å².